The van der Waals surface area contributed by atoms with Crippen LogP contribution in [0.4, 0.5) is 4.39 Å². The summed E-state index contributed by atoms with van der Waals surface area (Å²) in [6, 6.07) is 6.12. The van der Waals surface area contributed by atoms with Crippen LogP contribution < -0.4 is 5.32 Å². The lowest BCUT2D eigenvalue weighted by Gasteiger charge is -2.26. The van der Waals surface area contributed by atoms with Gasteiger partial charge in [-0.1, -0.05) is 18.2 Å². The number of carboxylic acids is 1. The van der Waals surface area contributed by atoms with E-state index in [2.05, 4.69) is 5.32 Å². The fourth-order valence-electron chi connectivity index (χ4n) is 1.72. The molecule has 1 aromatic rings. The minimum atomic E-state index is -0.893. The molecule has 0 fully saturated rings. The molecule has 0 saturated carbocycles. The predicted molar refractivity (Wildman–Crippen MR) is 64.2 cm³/mol. The minimum absolute atomic E-state index is 0.303. The molecule has 0 radical (unpaired) electrons. The smallest absolute Gasteiger partial charge is 0.309 e. The number of nitrogens with one attached hydrogen (secondary N) is 1. The van der Waals surface area contributed by atoms with Crippen molar-refractivity contribution in [3.63, 3.8) is 0 Å². The largest absolute Gasteiger partial charge is 0.481 e. The summed E-state index contributed by atoms with van der Waals surface area (Å²) in [5.41, 5.74) is -0.389. The monoisotopic (exact) mass is 239 g/mol. The van der Waals surface area contributed by atoms with Crippen LogP contribution in [0, 0.1) is 11.2 Å². The summed E-state index contributed by atoms with van der Waals surface area (Å²) in [7, 11) is 1.70. The second-order valence-corrected chi connectivity index (χ2v) is 4.76. The molecule has 1 atom stereocenters. The number of carbonyl (C=O) groups is 1. The molecule has 0 amide bonds. The average molecular weight is 239 g/mol. The van der Waals surface area contributed by atoms with Crippen LogP contribution in [0.2, 0.25) is 0 Å². The van der Waals surface area contributed by atoms with Crippen LogP contribution in [-0.2, 0) is 4.79 Å². The molecule has 0 aliphatic heterocycles. The summed E-state index contributed by atoms with van der Waals surface area (Å²) in [6.45, 7) is 3.28. The Morgan fingerprint density at radius 2 is 2.06 bits per heavy atom. The molecule has 2 N–H and O–H groups in total. The van der Waals surface area contributed by atoms with Crippen molar-refractivity contribution in [3.05, 3.63) is 35.6 Å². The van der Waals surface area contributed by atoms with E-state index in [0.29, 0.717) is 12.0 Å². The summed E-state index contributed by atoms with van der Waals surface area (Å²) in [6.07, 6.45) is 0.333. The van der Waals surface area contributed by atoms with Crippen molar-refractivity contribution in [2.24, 2.45) is 5.41 Å². The Kier molecular flexibility index (Phi) is 4.23. The van der Waals surface area contributed by atoms with Crippen LogP contribution in [0.25, 0.3) is 0 Å². The first kappa shape index (κ1) is 13.6. The third kappa shape index (κ3) is 3.27. The van der Waals surface area contributed by atoms with Gasteiger partial charge in [-0.15, -0.1) is 0 Å². The van der Waals surface area contributed by atoms with Crippen LogP contribution in [-0.4, -0.2) is 18.1 Å². The first-order valence-electron chi connectivity index (χ1n) is 5.53. The van der Waals surface area contributed by atoms with Gasteiger partial charge in [0.2, 0.25) is 0 Å². The standard InChI is InChI=1S/C13H18FNO2/c1-13(2,12(16)17)8-11(15-3)9-6-4-5-7-10(9)14/h4-7,11,15H,8H2,1-3H3,(H,16,17). The highest BCUT2D eigenvalue weighted by atomic mass is 19.1. The molecule has 0 aromatic heterocycles. The zero-order valence-electron chi connectivity index (χ0n) is 10.3. The molecule has 0 bridgehead atoms. The van der Waals surface area contributed by atoms with E-state index in [1.807, 2.05) is 0 Å². The van der Waals surface area contributed by atoms with E-state index in [4.69, 9.17) is 5.11 Å². The van der Waals surface area contributed by atoms with Gasteiger partial charge in [0, 0.05) is 11.6 Å². The first-order valence-corrected chi connectivity index (χ1v) is 5.53. The Balaban J connectivity index is 2.94. The highest BCUT2D eigenvalue weighted by molar-refractivity contribution is 5.73. The van der Waals surface area contributed by atoms with E-state index in [9.17, 15) is 9.18 Å². The van der Waals surface area contributed by atoms with Crippen molar-refractivity contribution < 1.29 is 14.3 Å². The van der Waals surface area contributed by atoms with Gasteiger partial charge in [-0.25, -0.2) is 4.39 Å². The summed E-state index contributed by atoms with van der Waals surface area (Å²) < 4.78 is 13.6. The third-order valence-corrected chi connectivity index (χ3v) is 2.92. The maximum atomic E-state index is 13.6. The summed E-state index contributed by atoms with van der Waals surface area (Å²) in [5.74, 6) is -1.19. The highest BCUT2D eigenvalue weighted by Crippen LogP contribution is 2.31. The van der Waals surface area contributed by atoms with Crippen LogP contribution in [0.1, 0.15) is 31.9 Å². The topological polar surface area (TPSA) is 49.3 Å². The molecule has 0 heterocycles. The minimum Gasteiger partial charge on any atom is -0.481 e. The summed E-state index contributed by atoms with van der Waals surface area (Å²) >= 11 is 0. The van der Waals surface area contributed by atoms with E-state index in [1.54, 1.807) is 39.1 Å². The molecule has 1 unspecified atom stereocenters. The molecule has 3 nitrogen and oxygen atoms in total. The maximum Gasteiger partial charge on any atom is 0.309 e. The van der Waals surface area contributed by atoms with Crippen molar-refractivity contribution in [1.82, 2.24) is 5.32 Å². The Labute approximate surface area is 101 Å². The number of benzene rings is 1. The fraction of sp³-hybridized carbons (Fsp3) is 0.462. The SMILES string of the molecule is CNC(CC(C)(C)C(=O)O)c1ccccc1F. The van der Waals surface area contributed by atoms with Crippen molar-refractivity contribution in [1.29, 1.82) is 0 Å². The lowest BCUT2D eigenvalue weighted by molar-refractivity contribution is -0.147. The Morgan fingerprint density at radius 1 is 1.47 bits per heavy atom. The third-order valence-electron chi connectivity index (χ3n) is 2.92. The average Bonchev–Trinajstić information content (AvgIpc) is 2.26. The molecule has 4 heteroatoms. The van der Waals surface area contributed by atoms with Crippen LogP contribution in [0.3, 0.4) is 0 Å². The van der Waals surface area contributed by atoms with Gasteiger partial charge >= 0.3 is 5.97 Å². The van der Waals surface area contributed by atoms with E-state index < -0.39 is 11.4 Å². The van der Waals surface area contributed by atoms with Gasteiger partial charge in [-0.3, -0.25) is 4.79 Å². The Hall–Kier alpha value is -1.42. The van der Waals surface area contributed by atoms with Gasteiger partial charge in [-0.2, -0.15) is 0 Å². The number of hydrogen-bond acceptors (Lipinski definition) is 2. The number of aliphatic carboxylic acids is 1. The molecule has 0 aliphatic rings. The van der Waals surface area contributed by atoms with E-state index in [-0.39, 0.29) is 11.9 Å². The van der Waals surface area contributed by atoms with Crippen molar-refractivity contribution in [2.75, 3.05) is 7.05 Å². The Morgan fingerprint density at radius 3 is 2.53 bits per heavy atom. The van der Waals surface area contributed by atoms with Crippen LogP contribution in [0.5, 0.6) is 0 Å². The molecule has 94 valence electrons. The second kappa shape index (κ2) is 5.27. The number of hydrogen-bond donors (Lipinski definition) is 2. The lowest BCUT2D eigenvalue weighted by atomic mass is 9.83. The highest BCUT2D eigenvalue weighted by Gasteiger charge is 2.31. The van der Waals surface area contributed by atoms with Crippen molar-refractivity contribution >= 4 is 5.97 Å². The fourth-order valence-corrected chi connectivity index (χ4v) is 1.72. The summed E-state index contributed by atoms with van der Waals surface area (Å²) in [5, 5.41) is 12.0. The summed E-state index contributed by atoms with van der Waals surface area (Å²) in [4.78, 5) is 11.1. The molecule has 0 aliphatic carbocycles. The first-order chi connectivity index (χ1) is 7.88. The van der Waals surface area contributed by atoms with Gasteiger partial charge in [0.05, 0.1) is 5.41 Å². The van der Waals surface area contributed by atoms with Crippen molar-refractivity contribution in [2.45, 2.75) is 26.3 Å². The van der Waals surface area contributed by atoms with E-state index in [1.165, 1.54) is 6.07 Å². The zero-order valence-corrected chi connectivity index (χ0v) is 10.3. The molecule has 1 aromatic carbocycles. The maximum absolute atomic E-state index is 13.6. The number of carboxylic acid groups (broad SMARTS) is 1. The molecule has 1 rings (SSSR count). The normalized spacial score (nSPS) is 13.4. The molecule has 17 heavy (non-hydrogen) atoms. The number of halogens is 1. The van der Waals surface area contributed by atoms with Gasteiger partial charge in [0.1, 0.15) is 5.82 Å². The quantitative estimate of drug-likeness (QED) is 0.830. The second-order valence-electron chi connectivity index (χ2n) is 4.76. The van der Waals surface area contributed by atoms with Gasteiger partial charge in [0.15, 0.2) is 0 Å². The lowest BCUT2D eigenvalue weighted by Crippen LogP contribution is -2.30. The van der Waals surface area contributed by atoms with Gasteiger partial charge < -0.3 is 10.4 Å². The van der Waals surface area contributed by atoms with Crippen molar-refractivity contribution in [3.8, 4) is 0 Å². The predicted octanol–water partition coefficient (Wildman–Crippen LogP) is 2.59. The van der Waals surface area contributed by atoms with Gasteiger partial charge in [0.25, 0.3) is 0 Å². The van der Waals surface area contributed by atoms with E-state index in [0.717, 1.165) is 0 Å². The van der Waals surface area contributed by atoms with E-state index >= 15 is 0 Å². The van der Waals surface area contributed by atoms with Crippen LogP contribution in [0.15, 0.2) is 24.3 Å². The zero-order chi connectivity index (χ0) is 13.1. The molecule has 0 spiro atoms. The van der Waals surface area contributed by atoms with Gasteiger partial charge in [-0.05, 0) is 33.4 Å². The Bertz CT molecular complexity index is 404. The number of rotatable bonds is 5. The van der Waals surface area contributed by atoms with Crippen LogP contribution >= 0.6 is 0 Å². The molecular weight excluding hydrogens is 221 g/mol. The molecule has 0 saturated heterocycles. The molecular formula is C13H18FNO2.